The monoisotopic (exact) mass is 442 g/mol. The average molecular weight is 442 g/mol. The van der Waals surface area contributed by atoms with Gasteiger partial charge in [-0.05, 0) is 49.3 Å². The number of carbonyl (C=O) groups excluding carboxylic acids is 2. The van der Waals surface area contributed by atoms with E-state index < -0.39 is 17.4 Å². The lowest BCUT2D eigenvalue weighted by molar-refractivity contribution is -0.137. The van der Waals surface area contributed by atoms with Gasteiger partial charge in [-0.2, -0.15) is 13.2 Å². The number of benzene rings is 2. The fourth-order valence-electron chi connectivity index (χ4n) is 4.82. The van der Waals surface area contributed by atoms with Gasteiger partial charge >= 0.3 is 6.18 Å². The van der Waals surface area contributed by atoms with Crippen LogP contribution in [0.3, 0.4) is 0 Å². The van der Waals surface area contributed by atoms with Gasteiger partial charge in [-0.1, -0.05) is 49.7 Å². The van der Waals surface area contributed by atoms with Crippen molar-refractivity contribution in [2.24, 2.45) is 10.9 Å². The lowest BCUT2D eigenvalue weighted by Gasteiger charge is -2.41. The first-order valence-corrected chi connectivity index (χ1v) is 10.9. The molecule has 0 bridgehead atoms. The molecule has 1 fully saturated rings. The van der Waals surface area contributed by atoms with E-state index in [0.29, 0.717) is 37.3 Å². The van der Waals surface area contributed by atoms with E-state index in [0.717, 1.165) is 36.8 Å². The normalized spacial score (nSPS) is 23.5. The summed E-state index contributed by atoms with van der Waals surface area (Å²) in [5.74, 6) is 0.0541. The Kier molecular flexibility index (Phi) is 5.93. The van der Waals surface area contributed by atoms with Gasteiger partial charge in [-0.15, -0.1) is 0 Å². The Balaban J connectivity index is 1.64. The van der Waals surface area contributed by atoms with Crippen molar-refractivity contribution in [2.75, 3.05) is 6.54 Å². The maximum Gasteiger partial charge on any atom is 0.416 e. The van der Waals surface area contributed by atoms with Crippen molar-refractivity contribution in [1.29, 1.82) is 0 Å². The largest absolute Gasteiger partial charge is 0.416 e. The molecular weight excluding hydrogens is 417 g/mol. The molecular formula is C25H25F3N2O2. The van der Waals surface area contributed by atoms with Gasteiger partial charge in [-0.25, -0.2) is 0 Å². The van der Waals surface area contributed by atoms with Crippen molar-refractivity contribution >= 4 is 17.9 Å². The first-order valence-electron chi connectivity index (χ1n) is 10.9. The second-order valence-electron chi connectivity index (χ2n) is 8.79. The van der Waals surface area contributed by atoms with Gasteiger partial charge < -0.3 is 4.90 Å². The van der Waals surface area contributed by atoms with E-state index in [1.807, 2.05) is 12.1 Å². The van der Waals surface area contributed by atoms with Crippen LogP contribution in [-0.4, -0.2) is 35.0 Å². The number of aliphatic imine (C=N–C) groups is 1. The van der Waals surface area contributed by atoms with Crippen LogP contribution < -0.4 is 0 Å². The van der Waals surface area contributed by atoms with Crippen molar-refractivity contribution in [2.45, 2.75) is 50.9 Å². The Hall–Kier alpha value is -2.96. The number of hydrogen-bond acceptors (Lipinski definition) is 3. The maximum atomic E-state index is 13.4. The number of nitrogens with zero attached hydrogens (tertiary/aromatic N) is 2. The molecule has 4 rings (SSSR count). The number of aldehydes is 1. The lowest BCUT2D eigenvalue weighted by atomic mass is 9.81. The Morgan fingerprint density at radius 2 is 1.94 bits per heavy atom. The molecule has 4 nitrogen and oxygen atoms in total. The van der Waals surface area contributed by atoms with Crippen LogP contribution in [0.1, 0.15) is 59.7 Å². The molecule has 1 heterocycles. The van der Waals surface area contributed by atoms with E-state index in [-0.39, 0.29) is 17.2 Å². The molecule has 7 heteroatoms. The van der Waals surface area contributed by atoms with Gasteiger partial charge in [0.25, 0.3) is 5.91 Å². The van der Waals surface area contributed by atoms with E-state index >= 15 is 0 Å². The molecule has 1 aliphatic carbocycles. The number of hydrogen-bond donors (Lipinski definition) is 0. The van der Waals surface area contributed by atoms with Gasteiger partial charge in [0, 0.05) is 17.7 Å². The summed E-state index contributed by atoms with van der Waals surface area (Å²) in [6, 6.07) is 12.0. The molecule has 0 radical (unpaired) electrons. The Labute approximate surface area is 185 Å². The Morgan fingerprint density at radius 3 is 2.59 bits per heavy atom. The molecule has 2 atom stereocenters. The molecule has 2 aromatic carbocycles. The van der Waals surface area contributed by atoms with E-state index in [1.54, 1.807) is 17.0 Å². The SMILES string of the molecule is CC1CCCC2(C1)N=C(c1cccc(C(F)(F)F)c1)C(=O)N2CCc1ccc(C=O)cc1. The predicted octanol–water partition coefficient (Wildman–Crippen LogP) is 5.30. The highest BCUT2D eigenvalue weighted by molar-refractivity contribution is 6.46. The fraction of sp³-hybridized carbons (Fsp3) is 0.400. The van der Waals surface area contributed by atoms with Gasteiger partial charge in [0.15, 0.2) is 0 Å². The molecule has 32 heavy (non-hydrogen) atoms. The molecule has 2 aromatic rings. The smallest absolute Gasteiger partial charge is 0.312 e. The highest BCUT2D eigenvalue weighted by atomic mass is 19.4. The van der Waals surface area contributed by atoms with Crippen LogP contribution in [0.2, 0.25) is 0 Å². The van der Waals surface area contributed by atoms with E-state index in [9.17, 15) is 22.8 Å². The first-order chi connectivity index (χ1) is 15.2. The summed E-state index contributed by atoms with van der Waals surface area (Å²) in [7, 11) is 0. The summed E-state index contributed by atoms with van der Waals surface area (Å²) >= 11 is 0. The predicted molar refractivity (Wildman–Crippen MR) is 116 cm³/mol. The molecule has 2 aliphatic rings. The minimum Gasteiger partial charge on any atom is -0.312 e. The highest BCUT2D eigenvalue weighted by Gasteiger charge is 2.48. The van der Waals surface area contributed by atoms with Crippen LogP contribution in [0, 0.1) is 5.92 Å². The van der Waals surface area contributed by atoms with Gasteiger partial charge in [0.05, 0.1) is 5.56 Å². The van der Waals surface area contributed by atoms with Crippen LogP contribution >= 0.6 is 0 Å². The molecule has 1 aliphatic heterocycles. The van der Waals surface area contributed by atoms with Crippen LogP contribution in [-0.2, 0) is 17.4 Å². The second-order valence-corrected chi connectivity index (χ2v) is 8.79. The first kappa shape index (κ1) is 22.2. The average Bonchev–Trinajstić information content (AvgIpc) is 3.02. The van der Waals surface area contributed by atoms with Crippen LogP contribution in [0.5, 0.6) is 0 Å². The number of carbonyl (C=O) groups is 2. The van der Waals surface area contributed by atoms with Crippen molar-refractivity contribution in [1.82, 2.24) is 4.90 Å². The number of amides is 1. The van der Waals surface area contributed by atoms with E-state index in [2.05, 4.69) is 6.92 Å². The van der Waals surface area contributed by atoms with E-state index in [4.69, 9.17) is 4.99 Å². The zero-order valence-corrected chi connectivity index (χ0v) is 17.9. The molecule has 1 spiro atoms. The van der Waals surface area contributed by atoms with Crippen LogP contribution in [0.4, 0.5) is 13.2 Å². The van der Waals surface area contributed by atoms with Crippen LogP contribution in [0.15, 0.2) is 53.5 Å². The van der Waals surface area contributed by atoms with Gasteiger partial charge in [0.1, 0.15) is 17.7 Å². The zero-order chi connectivity index (χ0) is 22.9. The highest BCUT2D eigenvalue weighted by Crippen LogP contribution is 2.42. The molecule has 0 saturated heterocycles. The second kappa shape index (κ2) is 8.52. The summed E-state index contributed by atoms with van der Waals surface area (Å²) in [5.41, 5.74) is 0.391. The minimum absolute atomic E-state index is 0.113. The summed E-state index contributed by atoms with van der Waals surface area (Å²) < 4.78 is 39.7. The summed E-state index contributed by atoms with van der Waals surface area (Å²) in [4.78, 5) is 30.9. The lowest BCUT2D eigenvalue weighted by Crippen LogP contribution is -2.50. The van der Waals surface area contributed by atoms with Crippen molar-refractivity contribution in [3.05, 3.63) is 70.8 Å². The molecule has 1 amide bonds. The number of alkyl halides is 3. The third-order valence-corrected chi connectivity index (χ3v) is 6.42. The van der Waals surface area contributed by atoms with Crippen molar-refractivity contribution in [3.63, 3.8) is 0 Å². The van der Waals surface area contributed by atoms with E-state index in [1.165, 1.54) is 12.1 Å². The molecule has 0 N–H and O–H groups in total. The third-order valence-electron chi connectivity index (χ3n) is 6.42. The van der Waals surface area contributed by atoms with Gasteiger partial charge in [0.2, 0.25) is 0 Å². The standard InChI is InChI=1S/C25H25F3N2O2/c1-17-4-3-12-24(15-17)29-22(20-5-2-6-21(14-20)25(26,27)28)23(32)30(24)13-11-18-7-9-19(16-31)10-8-18/h2,5-10,14,16-17H,3-4,11-13,15H2,1H3. The molecule has 168 valence electrons. The Morgan fingerprint density at radius 1 is 1.19 bits per heavy atom. The Bertz CT molecular complexity index is 1050. The molecule has 0 aromatic heterocycles. The zero-order valence-electron chi connectivity index (χ0n) is 17.9. The van der Waals surface area contributed by atoms with Gasteiger partial charge in [-0.3, -0.25) is 14.6 Å². The van der Waals surface area contributed by atoms with Crippen molar-refractivity contribution in [3.8, 4) is 0 Å². The summed E-state index contributed by atoms with van der Waals surface area (Å²) in [5, 5.41) is 0. The molecule has 2 unspecified atom stereocenters. The van der Waals surface area contributed by atoms with Crippen molar-refractivity contribution < 1.29 is 22.8 Å². The summed E-state index contributed by atoms with van der Waals surface area (Å²) in [6.07, 6.45) is 0.237. The quantitative estimate of drug-likeness (QED) is 0.590. The number of rotatable bonds is 5. The summed E-state index contributed by atoms with van der Waals surface area (Å²) in [6.45, 7) is 2.54. The number of halogens is 3. The third kappa shape index (κ3) is 4.33. The molecule has 1 saturated carbocycles. The minimum atomic E-state index is -4.48. The topological polar surface area (TPSA) is 49.7 Å². The fourth-order valence-corrected chi connectivity index (χ4v) is 4.82. The maximum absolute atomic E-state index is 13.4. The van der Waals surface area contributed by atoms with Crippen LogP contribution in [0.25, 0.3) is 0 Å².